The second-order valence-electron chi connectivity index (χ2n) is 7.98. The zero-order chi connectivity index (χ0) is 21.0. The van der Waals surface area contributed by atoms with E-state index in [1.165, 1.54) is 12.1 Å². The molecule has 7 heteroatoms. The third-order valence-corrected chi connectivity index (χ3v) is 6.44. The monoisotopic (exact) mass is 408 g/mol. The number of nitrogens with one attached hydrogen (secondary N) is 1. The molecule has 2 amide bonds. The largest absolute Gasteiger partial charge is 0.268 e. The first kappa shape index (κ1) is 19.3. The van der Waals surface area contributed by atoms with Gasteiger partial charge in [0.05, 0.1) is 21.7 Å². The van der Waals surface area contributed by atoms with Gasteiger partial charge in [-0.2, -0.15) is 0 Å². The summed E-state index contributed by atoms with van der Waals surface area (Å²) in [6.07, 6.45) is 0. The molecule has 0 saturated carbocycles. The van der Waals surface area contributed by atoms with Crippen LogP contribution in [0.3, 0.4) is 0 Å². The first-order chi connectivity index (χ1) is 13.6. The van der Waals surface area contributed by atoms with Gasteiger partial charge in [0, 0.05) is 16.3 Å². The molecule has 4 rings (SSSR count). The normalized spacial score (nSPS) is 14.5. The molecule has 0 radical (unpaired) electrons. The Morgan fingerprint density at radius 3 is 1.83 bits per heavy atom. The number of nitrogens with zero attached hydrogens (tertiary/aromatic N) is 1. The number of hydrogen-bond acceptors (Lipinski definition) is 4. The van der Waals surface area contributed by atoms with E-state index in [0.29, 0.717) is 27.6 Å². The molecule has 0 fully saturated rings. The van der Waals surface area contributed by atoms with Crippen molar-refractivity contribution in [2.24, 2.45) is 0 Å². The smallest absolute Gasteiger partial charge is 0.266 e. The number of sulfonamides is 1. The molecule has 0 bridgehead atoms. The molecule has 1 N–H and O–H groups in total. The zero-order valence-corrected chi connectivity index (χ0v) is 17.1. The van der Waals surface area contributed by atoms with Crippen LogP contribution in [0.2, 0.25) is 0 Å². The summed E-state index contributed by atoms with van der Waals surface area (Å²) in [5, 5.41) is 0.956. The predicted octanol–water partition coefficient (Wildman–Crippen LogP) is 3.72. The second kappa shape index (κ2) is 6.50. The van der Waals surface area contributed by atoms with Crippen LogP contribution in [0.5, 0.6) is 0 Å². The van der Waals surface area contributed by atoms with Gasteiger partial charge in [-0.25, -0.2) is 18.0 Å². The first-order valence-electron chi connectivity index (χ1n) is 9.14. The number of anilines is 1. The molecule has 0 aromatic heterocycles. The standard InChI is InChI=1S/C22H20N2O4S/c1-22(2,3)23-29(27,28)19-13-12-18(14-8-4-5-9-15(14)19)24-20(25)16-10-6-7-11-17(16)21(24)26/h4-13,23H,1-3H3. The quantitative estimate of drug-likeness (QED) is 0.670. The molecule has 0 atom stereocenters. The van der Waals surface area contributed by atoms with Gasteiger partial charge in [-0.3, -0.25) is 9.59 Å². The highest BCUT2D eigenvalue weighted by Gasteiger charge is 2.37. The molecule has 0 spiro atoms. The Labute approximate surface area is 169 Å². The minimum Gasteiger partial charge on any atom is -0.268 e. The molecular formula is C22H20N2O4S. The molecule has 148 valence electrons. The van der Waals surface area contributed by atoms with Crippen LogP contribution in [-0.4, -0.2) is 25.8 Å². The van der Waals surface area contributed by atoms with E-state index in [0.717, 1.165) is 4.90 Å². The maximum atomic E-state index is 12.9. The summed E-state index contributed by atoms with van der Waals surface area (Å²) in [5.74, 6) is -0.835. The Balaban J connectivity index is 1.90. The zero-order valence-electron chi connectivity index (χ0n) is 16.3. The summed E-state index contributed by atoms with van der Waals surface area (Å²) in [5.41, 5.74) is 0.392. The molecule has 1 heterocycles. The van der Waals surface area contributed by atoms with Gasteiger partial charge in [-0.05, 0) is 45.0 Å². The summed E-state index contributed by atoms with van der Waals surface area (Å²) >= 11 is 0. The number of amides is 2. The summed E-state index contributed by atoms with van der Waals surface area (Å²) in [4.78, 5) is 27.0. The number of rotatable bonds is 3. The molecule has 0 unspecified atom stereocenters. The number of carbonyl (C=O) groups excluding carboxylic acids is 2. The van der Waals surface area contributed by atoms with Crippen molar-refractivity contribution < 1.29 is 18.0 Å². The van der Waals surface area contributed by atoms with Gasteiger partial charge < -0.3 is 0 Å². The second-order valence-corrected chi connectivity index (χ2v) is 9.63. The molecule has 3 aromatic carbocycles. The summed E-state index contributed by atoms with van der Waals surface area (Å²) in [6, 6.07) is 16.5. The lowest BCUT2D eigenvalue weighted by Gasteiger charge is -2.22. The van der Waals surface area contributed by atoms with Crippen molar-refractivity contribution in [3.05, 3.63) is 71.8 Å². The van der Waals surface area contributed by atoms with Gasteiger partial charge in [0.2, 0.25) is 10.0 Å². The predicted molar refractivity (Wildman–Crippen MR) is 112 cm³/mol. The lowest BCUT2D eigenvalue weighted by atomic mass is 10.1. The van der Waals surface area contributed by atoms with Gasteiger partial charge in [-0.1, -0.05) is 36.4 Å². The van der Waals surface area contributed by atoms with Gasteiger partial charge in [0.25, 0.3) is 11.8 Å². The minimum atomic E-state index is -3.80. The number of carbonyl (C=O) groups is 2. The highest BCUT2D eigenvalue weighted by Crippen LogP contribution is 2.36. The van der Waals surface area contributed by atoms with Crippen molar-refractivity contribution in [2.45, 2.75) is 31.2 Å². The molecule has 1 aliphatic rings. The van der Waals surface area contributed by atoms with E-state index in [-0.39, 0.29) is 4.90 Å². The van der Waals surface area contributed by atoms with Crippen LogP contribution in [0, 0.1) is 0 Å². The SMILES string of the molecule is CC(C)(C)NS(=O)(=O)c1ccc(N2C(=O)c3ccccc3C2=O)c2ccccc12. The third kappa shape index (κ3) is 3.22. The Hall–Kier alpha value is -3.03. The fraction of sp³-hybridized carbons (Fsp3) is 0.182. The van der Waals surface area contributed by atoms with Gasteiger partial charge in [0.1, 0.15) is 0 Å². The Bertz CT molecular complexity index is 1240. The van der Waals surface area contributed by atoms with Crippen molar-refractivity contribution in [3.8, 4) is 0 Å². The molecular weight excluding hydrogens is 388 g/mol. The van der Waals surface area contributed by atoms with Crippen molar-refractivity contribution in [2.75, 3.05) is 4.90 Å². The average Bonchev–Trinajstić information content (AvgIpc) is 2.90. The number of benzene rings is 3. The van der Waals surface area contributed by atoms with Gasteiger partial charge >= 0.3 is 0 Å². The van der Waals surface area contributed by atoms with Gasteiger partial charge in [-0.15, -0.1) is 0 Å². The Morgan fingerprint density at radius 1 is 0.759 bits per heavy atom. The van der Waals surface area contributed by atoms with Crippen molar-refractivity contribution in [1.29, 1.82) is 0 Å². The van der Waals surface area contributed by atoms with Crippen molar-refractivity contribution in [3.63, 3.8) is 0 Å². The molecule has 29 heavy (non-hydrogen) atoms. The van der Waals surface area contributed by atoms with Crippen LogP contribution in [-0.2, 0) is 10.0 Å². The maximum Gasteiger partial charge on any atom is 0.266 e. The van der Waals surface area contributed by atoms with Crippen LogP contribution in [0.4, 0.5) is 5.69 Å². The van der Waals surface area contributed by atoms with Gasteiger partial charge in [0.15, 0.2) is 0 Å². The first-order valence-corrected chi connectivity index (χ1v) is 10.6. The molecule has 1 aliphatic heterocycles. The fourth-order valence-electron chi connectivity index (χ4n) is 3.55. The fourth-order valence-corrected chi connectivity index (χ4v) is 5.18. The van der Waals surface area contributed by atoms with Crippen LogP contribution in [0.15, 0.2) is 65.6 Å². The molecule has 0 aliphatic carbocycles. The molecule has 0 saturated heterocycles. The lowest BCUT2D eigenvalue weighted by molar-refractivity contribution is 0.0926. The Kier molecular flexibility index (Phi) is 4.33. The van der Waals surface area contributed by atoms with E-state index in [1.807, 2.05) is 0 Å². The van der Waals surface area contributed by atoms with Crippen LogP contribution in [0.1, 0.15) is 41.5 Å². The van der Waals surface area contributed by atoms with Crippen molar-refractivity contribution in [1.82, 2.24) is 4.72 Å². The van der Waals surface area contributed by atoms with Crippen LogP contribution in [0.25, 0.3) is 10.8 Å². The average molecular weight is 408 g/mol. The molecule has 6 nitrogen and oxygen atoms in total. The van der Waals surface area contributed by atoms with Crippen LogP contribution < -0.4 is 9.62 Å². The number of fused-ring (bicyclic) bond motifs is 2. The summed E-state index contributed by atoms with van der Waals surface area (Å²) in [7, 11) is -3.80. The topological polar surface area (TPSA) is 83.6 Å². The minimum absolute atomic E-state index is 0.100. The highest BCUT2D eigenvalue weighted by atomic mass is 32.2. The van der Waals surface area contributed by atoms with E-state index < -0.39 is 27.4 Å². The maximum absolute atomic E-state index is 12.9. The molecule has 3 aromatic rings. The summed E-state index contributed by atoms with van der Waals surface area (Å²) < 4.78 is 28.5. The van der Waals surface area contributed by atoms with E-state index in [9.17, 15) is 18.0 Å². The summed E-state index contributed by atoms with van der Waals surface area (Å²) in [6.45, 7) is 5.29. The van der Waals surface area contributed by atoms with E-state index >= 15 is 0 Å². The number of imide groups is 1. The number of hydrogen-bond donors (Lipinski definition) is 1. The highest BCUT2D eigenvalue weighted by molar-refractivity contribution is 7.89. The van der Waals surface area contributed by atoms with Crippen LogP contribution >= 0.6 is 0 Å². The van der Waals surface area contributed by atoms with E-state index in [1.54, 1.807) is 69.3 Å². The van der Waals surface area contributed by atoms with Crippen molar-refractivity contribution >= 4 is 38.3 Å². The Morgan fingerprint density at radius 2 is 1.28 bits per heavy atom. The lowest BCUT2D eigenvalue weighted by Crippen LogP contribution is -2.40. The van der Waals surface area contributed by atoms with E-state index in [4.69, 9.17) is 0 Å². The third-order valence-electron chi connectivity index (χ3n) is 4.63. The van der Waals surface area contributed by atoms with E-state index in [2.05, 4.69) is 4.72 Å².